The van der Waals surface area contributed by atoms with Gasteiger partial charge in [-0.1, -0.05) is 30.3 Å². The van der Waals surface area contributed by atoms with Crippen LogP contribution >= 0.6 is 0 Å². The van der Waals surface area contributed by atoms with Crippen molar-refractivity contribution in [3.05, 3.63) is 90.0 Å². The lowest BCUT2D eigenvalue weighted by Crippen LogP contribution is -2.04. The standard InChI is InChI=1S/C19H15F2NO2/c20-18-8-4-5-14(19(18)21)13-23-16-9-11-17(12-10-16)24-22-15-6-2-1-3-7-15/h1-12,22H,13H2. The first-order valence-corrected chi connectivity index (χ1v) is 7.36. The monoisotopic (exact) mass is 327 g/mol. The van der Waals surface area contributed by atoms with E-state index in [2.05, 4.69) is 5.48 Å². The number of benzene rings is 3. The van der Waals surface area contributed by atoms with Crippen molar-refractivity contribution in [1.82, 2.24) is 0 Å². The van der Waals surface area contributed by atoms with Crippen LogP contribution in [0.5, 0.6) is 11.5 Å². The van der Waals surface area contributed by atoms with Gasteiger partial charge in [-0.15, -0.1) is 0 Å². The molecule has 0 aliphatic carbocycles. The molecular formula is C19H15F2NO2. The SMILES string of the molecule is Fc1cccc(COc2ccc(ONc3ccccc3)cc2)c1F. The fourth-order valence-electron chi connectivity index (χ4n) is 2.05. The molecule has 0 radical (unpaired) electrons. The van der Waals surface area contributed by atoms with E-state index in [0.29, 0.717) is 11.5 Å². The van der Waals surface area contributed by atoms with Crippen molar-refractivity contribution < 1.29 is 18.4 Å². The van der Waals surface area contributed by atoms with Crippen LogP contribution in [0.3, 0.4) is 0 Å². The molecule has 122 valence electrons. The van der Waals surface area contributed by atoms with Gasteiger partial charge in [-0.05, 0) is 42.5 Å². The van der Waals surface area contributed by atoms with E-state index in [1.165, 1.54) is 12.1 Å². The predicted octanol–water partition coefficient (Wildman–Crippen LogP) is 4.95. The normalized spacial score (nSPS) is 10.2. The summed E-state index contributed by atoms with van der Waals surface area (Å²) >= 11 is 0. The highest BCUT2D eigenvalue weighted by molar-refractivity contribution is 5.41. The van der Waals surface area contributed by atoms with Crippen LogP contribution < -0.4 is 15.1 Å². The van der Waals surface area contributed by atoms with Gasteiger partial charge in [0, 0.05) is 5.56 Å². The Hall–Kier alpha value is -3.08. The fourth-order valence-corrected chi connectivity index (χ4v) is 2.05. The zero-order valence-corrected chi connectivity index (χ0v) is 12.7. The fraction of sp³-hybridized carbons (Fsp3) is 0.0526. The van der Waals surface area contributed by atoms with Crippen LogP contribution in [0.2, 0.25) is 0 Å². The van der Waals surface area contributed by atoms with E-state index in [9.17, 15) is 8.78 Å². The van der Waals surface area contributed by atoms with Gasteiger partial charge >= 0.3 is 0 Å². The molecule has 0 saturated heterocycles. The summed E-state index contributed by atoms with van der Waals surface area (Å²) in [5.41, 5.74) is 3.82. The van der Waals surface area contributed by atoms with Crippen LogP contribution in [-0.2, 0) is 6.61 Å². The van der Waals surface area contributed by atoms with E-state index < -0.39 is 11.6 Å². The molecule has 0 heterocycles. The van der Waals surface area contributed by atoms with Gasteiger partial charge < -0.3 is 9.57 Å². The Bertz CT molecular complexity index is 792. The first-order valence-electron chi connectivity index (χ1n) is 7.36. The van der Waals surface area contributed by atoms with Crippen molar-refractivity contribution in [2.75, 3.05) is 5.48 Å². The van der Waals surface area contributed by atoms with Crippen LogP contribution in [0.15, 0.2) is 72.8 Å². The molecule has 1 N–H and O–H groups in total. The van der Waals surface area contributed by atoms with Gasteiger partial charge in [-0.3, -0.25) is 0 Å². The predicted molar refractivity (Wildman–Crippen MR) is 87.8 cm³/mol. The largest absolute Gasteiger partial charge is 0.489 e. The maximum Gasteiger partial charge on any atom is 0.165 e. The molecule has 0 aliphatic heterocycles. The molecule has 0 bridgehead atoms. The lowest BCUT2D eigenvalue weighted by molar-refractivity contribution is 0.296. The summed E-state index contributed by atoms with van der Waals surface area (Å²) < 4.78 is 32.1. The number of hydrogen-bond donors (Lipinski definition) is 1. The van der Waals surface area contributed by atoms with E-state index in [1.807, 2.05) is 30.3 Å². The van der Waals surface area contributed by atoms with Gasteiger partial charge in [0.15, 0.2) is 17.4 Å². The Labute approximate surface area is 138 Å². The molecule has 5 heteroatoms. The summed E-state index contributed by atoms with van der Waals surface area (Å²) in [6.07, 6.45) is 0. The third-order valence-corrected chi connectivity index (χ3v) is 3.31. The number of hydrogen-bond acceptors (Lipinski definition) is 3. The number of halogens is 2. The molecule has 0 atom stereocenters. The lowest BCUT2D eigenvalue weighted by Gasteiger charge is -2.10. The van der Waals surface area contributed by atoms with Crippen molar-refractivity contribution in [3.8, 4) is 11.5 Å². The first-order chi connectivity index (χ1) is 11.7. The average molecular weight is 327 g/mol. The smallest absolute Gasteiger partial charge is 0.165 e. The van der Waals surface area contributed by atoms with Crippen LogP contribution in [0.1, 0.15) is 5.56 Å². The quantitative estimate of drug-likeness (QED) is 0.650. The van der Waals surface area contributed by atoms with Crippen LogP contribution in [0, 0.1) is 11.6 Å². The highest BCUT2D eigenvalue weighted by atomic mass is 19.2. The molecule has 0 saturated carbocycles. The second-order valence-electron chi connectivity index (χ2n) is 5.04. The number of nitrogens with one attached hydrogen (secondary N) is 1. The maximum absolute atomic E-state index is 13.5. The maximum atomic E-state index is 13.5. The topological polar surface area (TPSA) is 30.5 Å². The number of para-hydroxylation sites is 1. The number of anilines is 1. The zero-order valence-electron chi connectivity index (χ0n) is 12.7. The third-order valence-electron chi connectivity index (χ3n) is 3.31. The van der Waals surface area contributed by atoms with E-state index >= 15 is 0 Å². The Balaban J connectivity index is 1.55. The minimum atomic E-state index is -0.885. The second kappa shape index (κ2) is 7.46. The minimum absolute atomic E-state index is 0.0495. The lowest BCUT2D eigenvalue weighted by atomic mass is 10.2. The molecule has 3 aromatic carbocycles. The molecule has 0 aliphatic rings. The molecule has 3 aromatic rings. The van der Waals surface area contributed by atoms with Gasteiger partial charge in [0.2, 0.25) is 0 Å². The zero-order chi connectivity index (χ0) is 16.8. The molecule has 0 spiro atoms. The van der Waals surface area contributed by atoms with Gasteiger partial charge in [0.1, 0.15) is 12.4 Å². The van der Waals surface area contributed by atoms with E-state index in [0.717, 1.165) is 11.8 Å². The Morgan fingerprint density at radius 1 is 0.750 bits per heavy atom. The Morgan fingerprint density at radius 2 is 1.46 bits per heavy atom. The van der Waals surface area contributed by atoms with E-state index in [1.54, 1.807) is 24.3 Å². The highest BCUT2D eigenvalue weighted by Crippen LogP contribution is 2.20. The van der Waals surface area contributed by atoms with Gasteiger partial charge in [0.05, 0.1) is 5.69 Å². The first kappa shape index (κ1) is 15.8. The molecule has 0 amide bonds. The van der Waals surface area contributed by atoms with Crippen molar-refractivity contribution >= 4 is 5.69 Å². The summed E-state index contributed by atoms with van der Waals surface area (Å²) in [7, 11) is 0. The average Bonchev–Trinajstić information content (AvgIpc) is 2.63. The van der Waals surface area contributed by atoms with Crippen LogP contribution in [0.25, 0.3) is 0 Å². The Kier molecular flexibility index (Phi) is 4.91. The van der Waals surface area contributed by atoms with Gasteiger partial charge in [-0.2, -0.15) is 0 Å². The molecular weight excluding hydrogens is 312 g/mol. The number of rotatable bonds is 6. The van der Waals surface area contributed by atoms with Crippen molar-refractivity contribution in [2.45, 2.75) is 6.61 Å². The summed E-state index contributed by atoms with van der Waals surface area (Å²) in [6, 6.07) is 20.3. The van der Waals surface area contributed by atoms with E-state index in [4.69, 9.17) is 9.57 Å². The Morgan fingerprint density at radius 3 is 2.21 bits per heavy atom. The van der Waals surface area contributed by atoms with Gasteiger partial charge in [0.25, 0.3) is 0 Å². The minimum Gasteiger partial charge on any atom is -0.489 e. The number of ether oxygens (including phenoxy) is 1. The van der Waals surface area contributed by atoms with Crippen LogP contribution in [-0.4, -0.2) is 0 Å². The molecule has 24 heavy (non-hydrogen) atoms. The molecule has 0 aromatic heterocycles. The van der Waals surface area contributed by atoms with Crippen LogP contribution in [0.4, 0.5) is 14.5 Å². The van der Waals surface area contributed by atoms with E-state index in [-0.39, 0.29) is 12.2 Å². The third kappa shape index (κ3) is 4.01. The summed E-state index contributed by atoms with van der Waals surface area (Å²) in [6.45, 7) is -0.0495. The van der Waals surface area contributed by atoms with Crippen molar-refractivity contribution in [1.29, 1.82) is 0 Å². The van der Waals surface area contributed by atoms with Crippen molar-refractivity contribution in [3.63, 3.8) is 0 Å². The molecule has 3 rings (SSSR count). The summed E-state index contributed by atoms with van der Waals surface area (Å²) in [5.74, 6) is -0.634. The molecule has 0 unspecified atom stereocenters. The highest BCUT2D eigenvalue weighted by Gasteiger charge is 2.08. The summed E-state index contributed by atoms with van der Waals surface area (Å²) in [5, 5.41) is 0. The van der Waals surface area contributed by atoms with Crippen molar-refractivity contribution in [2.24, 2.45) is 0 Å². The summed E-state index contributed by atoms with van der Waals surface area (Å²) in [4.78, 5) is 5.43. The molecule has 0 fully saturated rings. The van der Waals surface area contributed by atoms with Gasteiger partial charge in [-0.25, -0.2) is 14.3 Å². The second-order valence-corrected chi connectivity index (χ2v) is 5.04. The molecule has 3 nitrogen and oxygen atoms in total.